The molecule has 0 aromatic carbocycles. The van der Waals surface area contributed by atoms with Crippen molar-refractivity contribution in [2.24, 2.45) is 5.73 Å². The molecule has 0 bridgehead atoms. The van der Waals surface area contributed by atoms with Crippen LogP contribution in [0.15, 0.2) is 18.3 Å². The Morgan fingerprint density at radius 1 is 1.50 bits per heavy atom. The zero-order chi connectivity index (χ0) is 8.81. The lowest BCUT2D eigenvalue weighted by molar-refractivity contribution is -0.282. The summed E-state index contributed by atoms with van der Waals surface area (Å²) in [6.07, 6.45) is 1.73. The van der Waals surface area contributed by atoms with Crippen LogP contribution in [0.1, 0.15) is 11.3 Å². The van der Waals surface area contributed by atoms with Gasteiger partial charge >= 0.3 is 0 Å². The summed E-state index contributed by atoms with van der Waals surface area (Å²) >= 11 is 0. The van der Waals surface area contributed by atoms with Crippen molar-refractivity contribution in [2.75, 3.05) is 7.11 Å². The van der Waals surface area contributed by atoms with Gasteiger partial charge in [-0.1, -0.05) is 6.07 Å². The minimum atomic E-state index is 0.362. The van der Waals surface area contributed by atoms with Crippen LogP contribution in [0.5, 0.6) is 0 Å². The van der Waals surface area contributed by atoms with Crippen molar-refractivity contribution in [2.45, 2.75) is 13.2 Å². The number of aromatic nitrogens is 1. The highest BCUT2D eigenvalue weighted by Crippen LogP contribution is 2.00. The largest absolute Gasteiger partial charge is 0.326 e. The summed E-state index contributed by atoms with van der Waals surface area (Å²) in [7, 11) is 1.47. The average molecular weight is 168 g/mol. The predicted octanol–water partition coefficient (Wildman–Crippen LogP) is 0.618. The molecule has 0 saturated carbocycles. The van der Waals surface area contributed by atoms with Crippen LogP contribution in [0.25, 0.3) is 0 Å². The first kappa shape index (κ1) is 9.12. The molecule has 1 heterocycles. The highest BCUT2D eigenvalue weighted by Gasteiger charge is 1.94. The van der Waals surface area contributed by atoms with Crippen molar-refractivity contribution in [1.29, 1.82) is 0 Å². The van der Waals surface area contributed by atoms with Crippen LogP contribution >= 0.6 is 0 Å². The van der Waals surface area contributed by atoms with Gasteiger partial charge in [-0.25, -0.2) is 9.78 Å². The molecule has 0 aliphatic heterocycles. The third kappa shape index (κ3) is 2.58. The Labute approximate surface area is 71.2 Å². The number of hydrogen-bond donors (Lipinski definition) is 1. The predicted molar refractivity (Wildman–Crippen MR) is 43.9 cm³/mol. The second-order valence-electron chi connectivity index (χ2n) is 2.29. The Balaban J connectivity index is 2.53. The molecule has 0 radical (unpaired) electrons. The smallest absolute Gasteiger partial charge is 0.124 e. The number of hydrogen-bond acceptors (Lipinski definition) is 4. The van der Waals surface area contributed by atoms with E-state index >= 15 is 0 Å². The van der Waals surface area contributed by atoms with Crippen molar-refractivity contribution < 1.29 is 9.78 Å². The fourth-order valence-corrected chi connectivity index (χ4v) is 0.781. The summed E-state index contributed by atoms with van der Waals surface area (Å²) in [5, 5.41) is 0. The van der Waals surface area contributed by atoms with E-state index in [0.29, 0.717) is 13.2 Å². The lowest BCUT2D eigenvalue weighted by atomic mass is 10.2. The molecule has 1 rings (SSSR count). The Morgan fingerprint density at radius 3 is 2.83 bits per heavy atom. The summed E-state index contributed by atoms with van der Waals surface area (Å²) in [6, 6.07) is 3.78. The molecule has 4 nitrogen and oxygen atoms in total. The van der Waals surface area contributed by atoms with E-state index in [1.165, 1.54) is 7.11 Å². The maximum Gasteiger partial charge on any atom is 0.124 e. The fourth-order valence-electron chi connectivity index (χ4n) is 0.781. The van der Waals surface area contributed by atoms with E-state index in [1.54, 1.807) is 6.20 Å². The first-order chi connectivity index (χ1) is 5.86. The Kier molecular flexibility index (Phi) is 3.66. The summed E-state index contributed by atoms with van der Waals surface area (Å²) in [5.74, 6) is 0. The van der Waals surface area contributed by atoms with Gasteiger partial charge in [0.1, 0.15) is 6.61 Å². The molecular formula is C8H12N2O2. The van der Waals surface area contributed by atoms with E-state index in [2.05, 4.69) is 9.87 Å². The SMILES string of the molecule is COOCc1ccc(CN)cn1. The molecule has 0 atom stereocenters. The molecule has 0 spiro atoms. The highest BCUT2D eigenvalue weighted by atomic mass is 17.2. The Hall–Kier alpha value is -0.970. The summed E-state index contributed by atoms with van der Waals surface area (Å²) in [5.41, 5.74) is 7.24. The molecular weight excluding hydrogens is 156 g/mol. The zero-order valence-electron chi connectivity index (χ0n) is 6.99. The monoisotopic (exact) mass is 168 g/mol. The van der Waals surface area contributed by atoms with Crippen LogP contribution in [0.4, 0.5) is 0 Å². The number of rotatable bonds is 4. The van der Waals surface area contributed by atoms with Crippen molar-refractivity contribution in [3.63, 3.8) is 0 Å². The van der Waals surface area contributed by atoms with Gasteiger partial charge in [0.25, 0.3) is 0 Å². The van der Waals surface area contributed by atoms with E-state index < -0.39 is 0 Å². The van der Waals surface area contributed by atoms with Gasteiger partial charge in [0.15, 0.2) is 0 Å². The molecule has 12 heavy (non-hydrogen) atoms. The first-order valence-electron chi connectivity index (χ1n) is 3.66. The maximum absolute atomic E-state index is 5.40. The average Bonchev–Trinajstić information content (AvgIpc) is 2.15. The molecule has 0 saturated heterocycles. The van der Waals surface area contributed by atoms with Crippen LogP contribution in [-0.2, 0) is 22.9 Å². The van der Waals surface area contributed by atoms with Gasteiger partial charge in [-0.3, -0.25) is 4.98 Å². The zero-order valence-corrected chi connectivity index (χ0v) is 6.99. The third-order valence-corrected chi connectivity index (χ3v) is 1.45. The molecule has 4 heteroatoms. The van der Waals surface area contributed by atoms with E-state index in [9.17, 15) is 0 Å². The van der Waals surface area contributed by atoms with Gasteiger partial charge in [0.2, 0.25) is 0 Å². The Morgan fingerprint density at radius 2 is 2.33 bits per heavy atom. The van der Waals surface area contributed by atoms with Crippen molar-refractivity contribution in [1.82, 2.24) is 4.98 Å². The topological polar surface area (TPSA) is 57.4 Å². The van der Waals surface area contributed by atoms with Crippen LogP contribution in [0.3, 0.4) is 0 Å². The van der Waals surface area contributed by atoms with Gasteiger partial charge in [-0.2, -0.15) is 0 Å². The summed E-state index contributed by atoms with van der Waals surface area (Å²) < 4.78 is 0. The van der Waals surface area contributed by atoms with E-state index in [-0.39, 0.29) is 0 Å². The molecule has 1 aromatic rings. The molecule has 0 unspecified atom stereocenters. The second kappa shape index (κ2) is 4.82. The lowest BCUT2D eigenvalue weighted by Crippen LogP contribution is -1.99. The van der Waals surface area contributed by atoms with Gasteiger partial charge in [0, 0.05) is 12.7 Å². The molecule has 0 amide bonds. The highest BCUT2D eigenvalue weighted by molar-refractivity contribution is 5.12. The van der Waals surface area contributed by atoms with E-state index in [4.69, 9.17) is 10.6 Å². The van der Waals surface area contributed by atoms with E-state index in [0.717, 1.165) is 11.3 Å². The number of nitrogens with zero attached hydrogens (tertiary/aromatic N) is 1. The van der Waals surface area contributed by atoms with Crippen LogP contribution in [0, 0.1) is 0 Å². The molecule has 0 fully saturated rings. The molecule has 1 aromatic heterocycles. The van der Waals surface area contributed by atoms with Crippen LogP contribution < -0.4 is 5.73 Å². The minimum Gasteiger partial charge on any atom is -0.326 e. The number of pyridine rings is 1. The quantitative estimate of drug-likeness (QED) is 0.529. The van der Waals surface area contributed by atoms with Gasteiger partial charge < -0.3 is 5.73 Å². The standard InChI is InChI=1S/C8H12N2O2/c1-11-12-6-8-3-2-7(4-9)5-10-8/h2-3,5H,4,6,9H2,1H3. The van der Waals surface area contributed by atoms with Crippen LogP contribution in [-0.4, -0.2) is 12.1 Å². The molecule has 0 aliphatic carbocycles. The minimum absolute atomic E-state index is 0.362. The summed E-state index contributed by atoms with van der Waals surface area (Å²) in [4.78, 5) is 13.2. The second-order valence-corrected chi connectivity index (χ2v) is 2.29. The summed E-state index contributed by atoms with van der Waals surface area (Å²) in [6.45, 7) is 0.875. The fraction of sp³-hybridized carbons (Fsp3) is 0.375. The molecule has 66 valence electrons. The lowest BCUT2D eigenvalue weighted by Gasteiger charge is -2.00. The van der Waals surface area contributed by atoms with Crippen molar-refractivity contribution in [3.05, 3.63) is 29.6 Å². The number of nitrogens with two attached hydrogens (primary N) is 1. The van der Waals surface area contributed by atoms with Gasteiger partial charge in [0.05, 0.1) is 12.8 Å². The molecule has 0 aliphatic rings. The first-order valence-corrected chi connectivity index (χ1v) is 3.66. The van der Waals surface area contributed by atoms with Crippen LogP contribution in [0.2, 0.25) is 0 Å². The van der Waals surface area contributed by atoms with E-state index in [1.807, 2.05) is 12.1 Å². The van der Waals surface area contributed by atoms with Crippen molar-refractivity contribution in [3.8, 4) is 0 Å². The van der Waals surface area contributed by atoms with Gasteiger partial charge in [-0.15, -0.1) is 0 Å². The van der Waals surface area contributed by atoms with Crippen molar-refractivity contribution >= 4 is 0 Å². The Bertz CT molecular complexity index is 223. The van der Waals surface area contributed by atoms with Gasteiger partial charge in [-0.05, 0) is 11.6 Å². The maximum atomic E-state index is 5.40. The normalized spacial score (nSPS) is 10.2. The molecule has 2 N–H and O–H groups in total. The third-order valence-electron chi connectivity index (χ3n) is 1.45.